The Hall–Kier alpha value is -8.32. The summed E-state index contributed by atoms with van der Waals surface area (Å²) in [5.74, 6) is -1.22. The third-order valence-electron chi connectivity index (χ3n) is 9.77. The van der Waals surface area contributed by atoms with Gasteiger partial charge >= 0.3 is 6.36 Å². The Morgan fingerprint density at radius 1 is 0.594 bits per heavy atom. The van der Waals surface area contributed by atoms with Crippen LogP contribution >= 0.6 is 0 Å². The van der Waals surface area contributed by atoms with E-state index in [4.69, 9.17) is 26.7 Å². The Labute approximate surface area is 361 Å². The van der Waals surface area contributed by atoms with Crippen LogP contribution in [0.5, 0.6) is 11.5 Å². The number of carbonyl (C=O) groups is 3. The van der Waals surface area contributed by atoms with E-state index in [0.29, 0.717) is 51.9 Å². The maximum Gasteiger partial charge on any atom is 0.573 e. The van der Waals surface area contributed by atoms with E-state index >= 15 is 0 Å². The van der Waals surface area contributed by atoms with Crippen LogP contribution in [0.3, 0.4) is 0 Å². The first-order valence-electron chi connectivity index (χ1n) is 19.2. The highest BCUT2D eigenvalue weighted by atomic mass is 19.4. The number of hydrogen-bond donors (Lipinski definition) is 3. The van der Waals surface area contributed by atoms with Gasteiger partial charge in [0.2, 0.25) is 17.7 Å². The average molecular weight is 871 g/mol. The standard InChI is InChI=1S/C16H10F3N3O2.C16H13N3O2.C13H14N4O2/c17-16(18,19)24-11-3-1-2-9(4-11)13-7-21-8-14-12(13)5-10(6-22-14)15(20)23;1-21-12-4-2-3-10(5-12)14-8-18-9-15-13(14)6-11(7-19-15)16(17)20;14-13(18)9-5-10-11(16-6-9)7-15-8-12(10)17-1-3-19-4-2-17/h1-8H,(H2,20,23);2-9H,1H3,(H2,17,20);5-8H,1-4H2,(H2,14,18). The predicted octanol–water partition coefficient (Wildman–Crippen LogP) is 6.26. The zero-order valence-electron chi connectivity index (χ0n) is 33.8. The van der Waals surface area contributed by atoms with Gasteiger partial charge in [-0.2, -0.15) is 0 Å². The first kappa shape index (κ1) is 43.8. The molecule has 324 valence electrons. The van der Waals surface area contributed by atoms with Crippen molar-refractivity contribution in [3.8, 4) is 33.8 Å². The SMILES string of the molecule is COc1cccc(-c2cncc3ncc(C(N)=O)cc23)c1.NC(=O)c1cnc2cncc(-c3cccc(OC(F)(F)F)c3)c2c1.NC(=O)c1cnc2cncc(N3CCOCC3)c2c1. The van der Waals surface area contributed by atoms with Crippen molar-refractivity contribution in [2.75, 3.05) is 38.3 Å². The van der Waals surface area contributed by atoms with Crippen molar-refractivity contribution in [2.45, 2.75) is 6.36 Å². The Morgan fingerprint density at radius 2 is 1.03 bits per heavy atom. The zero-order chi connectivity index (χ0) is 45.4. The number of alkyl halides is 3. The molecule has 0 atom stereocenters. The summed E-state index contributed by atoms with van der Waals surface area (Å²) in [5.41, 5.74) is 22.5. The molecule has 0 radical (unpaired) electrons. The van der Waals surface area contributed by atoms with Gasteiger partial charge in [-0.3, -0.25) is 44.3 Å². The number of pyridine rings is 6. The van der Waals surface area contributed by atoms with Crippen LogP contribution in [0.25, 0.3) is 55.0 Å². The molecule has 9 rings (SSSR count). The molecule has 1 fully saturated rings. The van der Waals surface area contributed by atoms with Gasteiger partial charge in [0.15, 0.2) is 0 Å². The molecule has 2 aromatic carbocycles. The van der Waals surface area contributed by atoms with Gasteiger partial charge in [-0.15, -0.1) is 13.2 Å². The summed E-state index contributed by atoms with van der Waals surface area (Å²) in [6, 6.07) is 18.1. The molecule has 1 aliphatic heterocycles. The minimum atomic E-state index is -4.78. The van der Waals surface area contributed by atoms with E-state index in [1.54, 1.807) is 50.1 Å². The molecular formula is C45H37F3N10O6. The van der Waals surface area contributed by atoms with E-state index in [1.807, 2.05) is 24.3 Å². The Kier molecular flexibility index (Phi) is 13.1. The number of nitrogens with two attached hydrogens (primary N) is 3. The largest absolute Gasteiger partial charge is 0.573 e. The third-order valence-corrected chi connectivity index (χ3v) is 9.77. The summed E-state index contributed by atoms with van der Waals surface area (Å²) in [6.07, 6.45) is 9.31. The second kappa shape index (κ2) is 19.2. The van der Waals surface area contributed by atoms with Crippen LogP contribution in [0.4, 0.5) is 18.9 Å². The number of aromatic nitrogens is 6. The lowest BCUT2D eigenvalue weighted by atomic mass is 10.0. The van der Waals surface area contributed by atoms with Gasteiger partial charge in [0.05, 0.1) is 84.0 Å². The number of amides is 3. The molecule has 0 unspecified atom stereocenters. The lowest BCUT2D eigenvalue weighted by Gasteiger charge is -2.29. The van der Waals surface area contributed by atoms with Crippen molar-refractivity contribution in [1.82, 2.24) is 29.9 Å². The fourth-order valence-corrected chi connectivity index (χ4v) is 6.70. The van der Waals surface area contributed by atoms with E-state index in [2.05, 4.69) is 39.5 Å². The molecule has 3 amide bonds. The molecule has 64 heavy (non-hydrogen) atoms. The van der Waals surface area contributed by atoms with Crippen LogP contribution in [0.2, 0.25) is 0 Å². The van der Waals surface area contributed by atoms with Gasteiger partial charge < -0.3 is 36.3 Å². The molecule has 8 aromatic rings. The van der Waals surface area contributed by atoms with Gasteiger partial charge in [-0.25, -0.2) is 0 Å². The van der Waals surface area contributed by atoms with Crippen molar-refractivity contribution >= 4 is 56.1 Å². The van der Waals surface area contributed by atoms with E-state index in [9.17, 15) is 27.6 Å². The highest BCUT2D eigenvalue weighted by Gasteiger charge is 2.31. The van der Waals surface area contributed by atoms with Gasteiger partial charge in [-0.1, -0.05) is 24.3 Å². The number of benzene rings is 2. The fourth-order valence-electron chi connectivity index (χ4n) is 6.70. The quantitative estimate of drug-likeness (QED) is 0.153. The smallest absolute Gasteiger partial charge is 0.497 e. The Morgan fingerprint density at radius 3 is 1.50 bits per heavy atom. The summed E-state index contributed by atoms with van der Waals surface area (Å²) >= 11 is 0. The topological polar surface area (TPSA) is 238 Å². The molecule has 1 saturated heterocycles. The van der Waals surface area contributed by atoms with Crippen molar-refractivity contribution in [2.24, 2.45) is 17.2 Å². The van der Waals surface area contributed by atoms with Crippen LogP contribution in [-0.2, 0) is 4.74 Å². The number of anilines is 1. The van der Waals surface area contributed by atoms with Gasteiger partial charge in [0.25, 0.3) is 0 Å². The second-order valence-electron chi connectivity index (χ2n) is 13.9. The molecule has 1 aliphatic rings. The number of morpholine rings is 1. The molecule has 0 spiro atoms. The number of halogens is 3. The maximum atomic E-state index is 12.4. The monoisotopic (exact) mass is 870 g/mol. The number of methoxy groups -OCH3 is 1. The Bertz CT molecular complexity index is 3020. The zero-order valence-corrected chi connectivity index (χ0v) is 33.8. The summed E-state index contributed by atoms with van der Waals surface area (Å²) in [6.45, 7) is 3.00. The van der Waals surface area contributed by atoms with Crippen molar-refractivity contribution in [1.29, 1.82) is 0 Å². The van der Waals surface area contributed by atoms with E-state index in [1.165, 1.54) is 55.2 Å². The van der Waals surface area contributed by atoms with Gasteiger partial charge in [-0.05, 0) is 53.6 Å². The lowest BCUT2D eigenvalue weighted by Crippen LogP contribution is -2.36. The lowest BCUT2D eigenvalue weighted by molar-refractivity contribution is -0.274. The molecule has 6 aromatic heterocycles. The number of rotatable bonds is 8. The molecule has 19 heteroatoms. The van der Waals surface area contributed by atoms with Gasteiger partial charge in [0, 0.05) is 71.4 Å². The van der Waals surface area contributed by atoms with E-state index in [0.717, 1.165) is 51.9 Å². The first-order valence-corrected chi connectivity index (χ1v) is 19.2. The molecule has 16 nitrogen and oxygen atoms in total. The number of carbonyl (C=O) groups excluding carboxylic acids is 3. The minimum Gasteiger partial charge on any atom is -0.497 e. The molecule has 0 aliphatic carbocycles. The summed E-state index contributed by atoms with van der Waals surface area (Å²) in [7, 11) is 1.62. The number of nitrogens with zero attached hydrogens (tertiary/aromatic N) is 7. The van der Waals surface area contributed by atoms with Crippen LogP contribution in [-0.4, -0.2) is 87.4 Å². The van der Waals surface area contributed by atoms with Crippen molar-refractivity contribution in [3.63, 3.8) is 0 Å². The van der Waals surface area contributed by atoms with Crippen molar-refractivity contribution in [3.05, 3.63) is 139 Å². The predicted molar refractivity (Wildman–Crippen MR) is 231 cm³/mol. The van der Waals surface area contributed by atoms with Crippen LogP contribution in [0, 0.1) is 0 Å². The van der Waals surface area contributed by atoms with E-state index in [-0.39, 0.29) is 11.3 Å². The molecule has 0 bridgehead atoms. The van der Waals surface area contributed by atoms with Crippen molar-refractivity contribution < 1.29 is 41.8 Å². The van der Waals surface area contributed by atoms with Crippen LogP contribution < -0.4 is 31.6 Å². The van der Waals surface area contributed by atoms with E-state index < -0.39 is 24.1 Å². The molecule has 7 heterocycles. The molecule has 0 saturated carbocycles. The normalized spacial score (nSPS) is 12.4. The van der Waals surface area contributed by atoms with Crippen LogP contribution in [0.15, 0.2) is 123 Å². The Balaban J connectivity index is 0.000000145. The number of hydrogen-bond acceptors (Lipinski definition) is 13. The summed E-state index contributed by atoms with van der Waals surface area (Å²) in [4.78, 5) is 61.1. The highest BCUT2D eigenvalue weighted by molar-refractivity contribution is 6.02. The van der Waals surface area contributed by atoms with Gasteiger partial charge in [0.1, 0.15) is 11.5 Å². The number of fused-ring (bicyclic) bond motifs is 3. The summed E-state index contributed by atoms with van der Waals surface area (Å²) in [5, 5.41) is 2.27. The number of ether oxygens (including phenoxy) is 3. The minimum absolute atomic E-state index is 0.192. The fraction of sp³-hybridized carbons (Fsp3) is 0.133. The summed E-state index contributed by atoms with van der Waals surface area (Å²) < 4.78 is 51.6. The first-order chi connectivity index (χ1) is 30.8. The average Bonchev–Trinajstić information content (AvgIpc) is 3.30. The number of primary amides is 3. The second-order valence-corrected chi connectivity index (χ2v) is 13.9. The molecular weight excluding hydrogens is 834 g/mol. The highest BCUT2D eigenvalue weighted by Crippen LogP contribution is 2.33. The molecule has 6 N–H and O–H groups in total. The van der Waals surface area contributed by atoms with Crippen LogP contribution in [0.1, 0.15) is 31.1 Å². The maximum absolute atomic E-state index is 12.4. The third kappa shape index (κ3) is 10.4.